The van der Waals surface area contributed by atoms with E-state index in [9.17, 15) is 4.79 Å². The van der Waals surface area contributed by atoms with Gasteiger partial charge in [-0.05, 0) is 29.5 Å². The normalized spacial score (nSPS) is 13.2. The molecule has 0 spiro atoms. The highest BCUT2D eigenvalue weighted by Crippen LogP contribution is 2.24. The van der Waals surface area contributed by atoms with Gasteiger partial charge in [0.2, 0.25) is 0 Å². The summed E-state index contributed by atoms with van der Waals surface area (Å²) in [4.78, 5) is 12.0. The third kappa shape index (κ3) is 3.91. The highest BCUT2D eigenvalue weighted by molar-refractivity contribution is 6.31. The van der Waals surface area contributed by atoms with Crippen LogP contribution < -0.4 is 11.1 Å². The van der Waals surface area contributed by atoms with Gasteiger partial charge in [0.15, 0.2) is 0 Å². The van der Waals surface area contributed by atoms with Crippen LogP contribution in [0.25, 0.3) is 0 Å². The van der Waals surface area contributed by atoms with E-state index in [-0.39, 0.29) is 11.3 Å². The van der Waals surface area contributed by atoms with Crippen molar-refractivity contribution in [2.24, 2.45) is 11.3 Å². The standard InChI is InChI=1S/C14H21ClN2O/c1-9(14(2,3)4)8-17-13(18)11-7-10(15)5-6-12(11)16/h5-7,9H,8,16H2,1-4H3,(H,17,18). The molecule has 1 aromatic carbocycles. The fraction of sp³-hybridized carbons (Fsp3) is 0.500. The molecule has 1 unspecified atom stereocenters. The van der Waals surface area contributed by atoms with Gasteiger partial charge in [0.25, 0.3) is 5.91 Å². The minimum absolute atomic E-state index is 0.160. The lowest BCUT2D eigenvalue weighted by Crippen LogP contribution is -2.34. The first-order chi connectivity index (χ1) is 8.21. The minimum atomic E-state index is -0.175. The lowest BCUT2D eigenvalue weighted by atomic mass is 9.82. The van der Waals surface area contributed by atoms with E-state index < -0.39 is 0 Å². The van der Waals surface area contributed by atoms with E-state index in [0.717, 1.165) is 0 Å². The van der Waals surface area contributed by atoms with Gasteiger partial charge in [0, 0.05) is 17.3 Å². The topological polar surface area (TPSA) is 55.1 Å². The molecule has 0 saturated heterocycles. The molecule has 0 heterocycles. The van der Waals surface area contributed by atoms with Crippen molar-refractivity contribution in [2.75, 3.05) is 12.3 Å². The lowest BCUT2D eigenvalue weighted by Gasteiger charge is -2.27. The van der Waals surface area contributed by atoms with Crippen molar-refractivity contribution in [2.45, 2.75) is 27.7 Å². The molecule has 0 saturated carbocycles. The van der Waals surface area contributed by atoms with Crippen molar-refractivity contribution in [1.29, 1.82) is 0 Å². The molecule has 0 aliphatic heterocycles. The van der Waals surface area contributed by atoms with Crippen LogP contribution in [0, 0.1) is 11.3 Å². The molecule has 1 amide bonds. The Labute approximate surface area is 114 Å². The van der Waals surface area contributed by atoms with Gasteiger partial charge in [-0.1, -0.05) is 39.3 Å². The SMILES string of the molecule is CC(CNC(=O)c1cc(Cl)ccc1N)C(C)(C)C. The fourth-order valence-electron chi connectivity index (χ4n) is 1.37. The molecule has 0 aliphatic rings. The Morgan fingerprint density at radius 2 is 2.06 bits per heavy atom. The Balaban J connectivity index is 2.69. The van der Waals surface area contributed by atoms with Crippen LogP contribution in [0.15, 0.2) is 18.2 Å². The molecule has 3 nitrogen and oxygen atoms in total. The van der Waals surface area contributed by atoms with Crippen molar-refractivity contribution in [3.63, 3.8) is 0 Å². The summed E-state index contributed by atoms with van der Waals surface area (Å²) in [6.07, 6.45) is 0. The second-order valence-corrected chi connectivity index (χ2v) is 6.15. The summed E-state index contributed by atoms with van der Waals surface area (Å²) in [6.45, 7) is 9.18. The maximum absolute atomic E-state index is 12.0. The first-order valence-electron chi connectivity index (χ1n) is 6.05. The summed E-state index contributed by atoms with van der Waals surface area (Å²) in [5.41, 5.74) is 6.80. The number of nitrogen functional groups attached to an aromatic ring is 1. The number of halogens is 1. The monoisotopic (exact) mass is 268 g/mol. The number of carbonyl (C=O) groups excluding carboxylic acids is 1. The summed E-state index contributed by atoms with van der Waals surface area (Å²) in [6, 6.07) is 4.91. The number of anilines is 1. The van der Waals surface area contributed by atoms with Gasteiger partial charge >= 0.3 is 0 Å². The molecule has 0 aromatic heterocycles. The Morgan fingerprint density at radius 3 is 2.61 bits per heavy atom. The zero-order chi connectivity index (χ0) is 13.9. The summed E-state index contributed by atoms with van der Waals surface area (Å²) in [7, 11) is 0. The Kier molecular flexibility index (Phi) is 4.63. The minimum Gasteiger partial charge on any atom is -0.398 e. The second-order valence-electron chi connectivity index (χ2n) is 5.71. The quantitative estimate of drug-likeness (QED) is 0.826. The van der Waals surface area contributed by atoms with Crippen LogP contribution in [-0.4, -0.2) is 12.5 Å². The zero-order valence-corrected chi connectivity index (χ0v) is 12.1. The van der Waals surface area contributed by atoms with E-state index in [2.05, 4.69) is 33.0 Å². The fourth-order valence-corrected chi connectivity index (χ4v) is 1.54. The third-order valence-electron chi connectivity index (χ3n) is 3.31. The van der Waals surface area contributed by atoms with E-state index in [4.69, 9.17) is 17.3 Å². The predicted molar refractivity (Wildman–Crippen MR) is 76.8 cm³/mol. The number of carbonyl (C=O) groups is 1. The highest BCUT2D eigenvalue weighted by Gasteiger charge is 2.21. The lowest BCUT2D eigenvalue weighted by molar-refractivity contribution is 0.0938. The van der Waals surface area contributed by atoms with Crippen LogP contribution in [-0.2, 0) is 0 Å². The van der Waals surface area contributed by atoms with Crippen molar-refractivity contribution < 1.29 is 4.79 Å². The summed E-state index contributed by atoms with van der Waals surface area (Å²) in [5.74, 6) is 0.202. The third-order valence-corrected chi connectivity index (χ3v) is 3.54. The van der Waals surface area contributed by atoms with Crippen LogP contribution in [0.1, 0.15) is 38.1 Å². The molecule has 0 radical (unpaired) electrons. The Morgan fingerprint density at radius 1 is 1.44 bits per heavy atom. The molecule has 0 fully saturated rings. The molecule has 1 atom stereocenters. The van der Waals surface area contributed by atoms with Crippen molar-refractivity contribution in [3.8, 4) is 0 Å². The molecular weight excluding hydrogens is 248 g/mol. The zero-order valence-electron chi connectivity index (χ0n) is 11.4. The molecule has 0 bridgehead atoms. The number of nitrogens with one attached hydrogen (secondary N) is 1. The summed E-state index contributed by atoms with van der Waals surface area (Å²) in [5, 5.41) is 3.41. The van der Waals surface area contributed by atoms with Gasteiger partial charge in [0.05, 0.1) is 5.56 Å². The average molecular weight is 269 g/mol. The maximum Gasteiger partial charge on any atom is 0.253 e. The molecule has 0 aliphatic carbocycles. The van der Waals surface area contributed by atoms with Crippen molar-refractivity contribution >= 4 is 23.2 Å². The van der Waals surface area contributed by atoms with Gasteiger partial charge in [0.1, 0.15) is 0 Å². The van der Waals surface area contributed by atoms with Gasteiger partial charge < -0.3 is 11.1 Å². The first-order valence-corrected chi connectivity index (χ1v) is 6.43. The number of hydrogen-bond donors (Lipinski definition) is 2. The largest absolute Gasteiger partial charge is 0.398 e. The van der Waals surface area contributed by atoms with Crippen molar-refractivity contribution in [1.82, 2.24) is 5.32 Å². The van der Waals surface area contributed by atoms with Gasteiger partial charge in [-0.25, -0.2) is 0 Å². The van der Waals surface area contributed by atoms with Gasteiger partial charge in [-0.3, -0.25) is 4.79 Å². The van der Waals surface area contributed by atoms with Crippen LogP contribution in [0.3, 0.4) is 0 Å². The first kappa shape index (κ1) is 14.8. The smallest absolute Gasteiger partial charge is 0.253 e. The van der Waals surface area contributed by atoms with Crippen LogP contribution in [0.2, 0.25) is 5.02 Å². The van der Waals surface area contributed by atoms with Gasteiger partial charge in [-0.15, -0.1) is 0 Å². The second kappa shape index (κ2) is 5.61. The molecule has 100 valence electrons. The van der Waals surface area contributed by atoms with E-state index in [1.165, 1.54) is 0 Å². The number of amides is 1. The van der Waals surface area contributed by atoms with Crippen LogP contribution in [0.4, 0.5) is 5.69 Å². The van der Waals surface area contributed by atoms with Crippen LogP contribution >= 0.6 is 11.6 Å². The Bertz CT molecular complexity index is 438. The van der Waals surface area contributed by atoms with Crippen LogP contribution in [0.5, 0.6) is 0 Å². The molecule has 3 N–H and O–H groups in total. The maximum atomic E-state index is 12.0. The molecule has 18 heavy (non-hydrogen) atoms. The molecule has 1 rings (SSSR count). The predicted octanol–water partition coefficient (Wildman–Crippen LogP) is 3.33. The number of benzene rings is 1. The van der Waals surface area contributed by atoms with Crippen molar-refractivity contribution in [3.05, 3.63) is 28.8 Å². The number of nitrogens with two attached hydrogens (primary N) is 1. The van der Waals surface area contributed by atoms with E-state index >= 15 is 0 Å². The molecule has 1 aromatic rings. The Hall–Kier alpha value is -1.22. The summed E-state index contributed by atoms with van der Waals surface area (Å²) >= 11 is 5.86. The molecule has 4 heteroatoms. The molecular formula is C14H21ClN2O. The average Bonchev–Trinajstić information content (AvgIpc) is 2.27. The highest BCUT2D eigenvalue weighted by atomic mass is 35.5. The number of rotatable bonds is 3. The van der Waals surface area contributed by atoms with E-state index in [1.54, 1.807) is 18.2 Å². The van der Waals surface area contributed by atoms with E-state index in [0.29, 0.717) is 28.7 Å². The van der Waals surface area contributed by atoms with E-state index in [1.807, 2.05) is 0 Å². The van der Waals surface area contributed by atoms with Gasteiger partial charge in [-0.2, -0.15) is 0 Å². The summed E-state index contributed by atoms with van der Waals surface area (Å²) < 4.78 is 0. The number of hydrogen-bond acceptors (Lipinski definition) is 2.